The Morgan fingerprint density at radius 3 is 2.27 bits per heavy atom. The van der Waals surface area contributed by atoms with Crippen molar-refractivity contribution in [1.82, 2.24) is 0 Å². The van der Waals surface area contributed by atoms with Crippen molar-refractivity contribution in [2.24, 2.45) is 5.18 Å². The van der Waals surface area contributed by atoms with Gasteiger partial charge in [0.1, 0.15) is 5.69 Å². The summed E-state index contributed by atoms with van der Waals surface area (Å²) in [5.41, 5.74) is 0.926. The molecule has 0 saturated carbocycles. The molecule has 0 spiro atoms. The predicted octanol–water partition coefficient (Wildman–Crippen LogP) is 1.94. The fourth-order valence-electron chi connectivity index (χ4n) is 1.19. The highest BCUT2D eigenvalue weighted by Crippen LogP contribution is 2.21. The average Bonchev–Trinajstić information content (AvgIpc) is 2.30. The highest BCUT2D eigenvalue weighted by atomic mass is 16.6. The second-order valence-electron chi connectivity index (χ2n) is 2.82. The number of benzene rings is 1. The quantitative estimate of drug-likeness (QED) is 0.561. The summed E-state index contributed by atoms with van der Waals surface area (Å²) in [4.78, 5) is 21.4. The molecular weight excluding hydrogens is 198 g/mol. The number of esters is 1. The molecule has 0 N–H and O–H groups in total. The first-order valence-electron chi connectivity index (χ1n) is 4.27. The van der Waals surface area contributed by atoms with Crippen LogP contribution in [0.15, 0.2) is 29.4 Å². The topological polar surface area (TPSA) is 65.0 Å². The molecule has 0 amide bonds. The molecule has 15 heavy (non-hydrogen) atoms. The van der Waals surface area contributed by atoms with Gasteiger partial charge in [0.05, 0.1) is 7.11 Å². The normalized spacial score (nSPS) is 11.9. The fraction of sp³-hybridized carbons (Fsp3) is 0.300. The molecule has 1 aromatic rings. The lowest BCUT2D eigenvalue weighted by atomic mass is 10.1. The van der Waals surface area contributed by atoms with Crippen LogP contribution < -0.4 is 0 Å². The van der Waals surface area contributed by atoms with Gasteiger partial charge in [-0.25, -0.2) is 4.79 Å². The van der Waals surface area contributed by atoms with E-state index in [-0.39, 0.29) is 0 Å². The Morgan fingerprint density at radius 1 is 1.27 bits per heavy atom. The Balaban J connectivity index is 2.92. The molecule has 0 bridgehead atoms. The average molecular weight is 209 g/mol. The van der Waals surface area contributed by atoms with Crippen molar-refractivity contribution < 1.29 is 14.3 Å². The fourth-order valence-corrected chi connectivity index (χ4v) is 1.19. The number of methoxy groups -OCH3 is 2. The molecule has 0 aliphatic rings. The molecule has 1 unspecified atom stereocenters. The van der Waals surface area contributed by atoms with E-state index in [1.807, 2.05) is 0 Å². The Kier molecular flexibility index (Phi) is 3.93. The van der Waals surface area contributed by atoms with E-state index in [0.29, 0.717) is 11.3 Å². The zero-order chi connectivity index (χ0) is 11.3. The van der Waals surface area contributed by atoms with Gasteiger partial charge in [0.25, 0.3) is 0 Å². The van der Waals surface area contributed by atoms with E-state index in [0.717, 1.165) is 0 Å². The van der Waals surface area contributed by atoms with Crippen LogP contribution in [0, 0.1) is 4.91 Å². The summed E-state index contributed by atoms with van der Waals surface area (Å²) in [7, 11) is 2.70. The van der Waals surface area contributed by atoms with Gasteiger partial charge in [0.15, 0.2) is 6.10 Å². The number of rotatable bonds is 4. The van der Waals surface area contributed by atoms with E-state index in [1.54, 1.807) is 12.1 Å². The van der Waals surface area contributed by atoms with Gasteiger partial charge in [-0.05, 0) is 22.9 Å². The van der Waals surface area contributed by atoms with Gasteiger partial charge in [-0.3, -0.25) is 0 Å². The van der Waals surface area contributed by atoms with Crippen LogP contribution in [0.25, 0.3) is 0 Å². The third-order valence-electron chi connectivity index (χ3n) is 1.95. The van der Waals surface area contributed by atoms with E-state index in [1.165, 1.54) is 26.4 Å². The van der Waals surface area contributed by atoms with Crippen molar-refractivity contribution in [3.8, 4) is 0 Å². The first-order valence-corrected chi connectivity index (χ1v) is 4.27. The lowest BCUT2D eigenvalue weighted by Crippen LogP contribution is -2.15. The van der Waals surface area contributed by atoms with Crippen molar-refractivity contribution in [2.75, 3.05) is 14.2 Å². The molecule has 1 aromatic carbocycles. The number of carbonyl (C=O) groups is 1. The van der Waals surface area contributed by atoms with Gasteiger partial charge in [0.2, 0.25) is 0 Å². The minimum atomic E-state index is -0.768. The standard InChI is InChI=1S/C10H11NO4/c1-14-9(10(12)15-2)7-3-5-8(11-13)6-4-7/h3-6,9H,1-2H3. The van der Waals surface area contributed by atoms with Crippen molar-refractivity contribution in [3.63, 3.8) is 0 Å². The molecule has 1 atom stereocenters. The SMILES string of the molecule is COC(=O)C(OC)c1ccc(N=O)cc1. The molecule has 80 valence electrons. The Hall–Kier alpha value is -1.75. The van der Waals surface area contributed by atoms with E-state index in [9.17, 15) is 9.70 Å². The number of carbonyl (C=O) groups excluding carboxylic acids is 1. The third-order valence-corrected chi connectivity index (χ3v) is 1.95. The molecular formula is C10H11NO4. The summed E-state index contributed by atoms with van der Waals surface area (Å²) in [6.45, 7) is 0. The van der Waals surface area contributed by atoms with E-state index in [4.69, 9.17) is 4.74 Å². The molecule has 5 nitrogen and oxygen atoms in total. The minimum Gasteiger partial charge on any atom is -0.467 e. The number of nitroso groups, excluding NO2 is 1. The summed E-state index contributed by atoms with van der Waals surface area (Å²) < 4.78 is 9.54. The lowest BCUT2D eigenvalue weighted by Gasteiger charge is -2.12. The molecule has 5 heteroatoms. The number of hydrogen-bond acceptors (Lipinski definition) is 5. The zero-order valence-electron chi connectivity index (χ0n) is 8.47. The maximum absolute atomic E-state index is 11.3. The van der Waals surface area contributed by atoms with Gasteiger partial charge in [-0.15, -0.1) is 4.91 Å². The highest BCUT2D eigenvalue weighted by Gasteiger charge is 2.20. The van der Waals surface area contributed by atoms with Crippen LogP contribution in [0.3, 0.4) is 0 Å². The summed E-state index contributed by atoms with van der Waals surface area (Å²) in [6.07, 6.45) is -0.768. The first-order chi connectivity index (χ1) is 7.22. The molecule has 0 fully saturated rings. The highest BCUT2D eigenvalue weighted by molar-refractivity contribution is 5.76. The summed E-state index contributed by atoms with van der Waals surface area (Å²) in [5, 5.41) is 2.75. The van der Waals surface area contributed by atoms with Crippen molar-refractivity contribution in [2.45, 2.75) is 6.10 Å². The second-order valence-corrected chi connectivity index (χ2v) is 2.82. The number of ether oxygens (including phenoxy) is 2. The summed E-state index contributed by atoms with van der Waals surface area (Å²) >= 11 is 0. The maximum Gasteiger partial charge on any atom is 0.339 e. The van der Waals surface area contributed by atoms with E-state index >= 15 is 0 Å². The third kappa shape index (κ3) is 2.60. The summed E-state index contributed by atoms with van der Waals surface area (Å²) in [5.74, 6) is -0.482. The molecule has 0 heterocycles. The van der Waals surface area contributed by atoms with Gasteiger partial charge in [-0.1, -0.05) is 12.1 Å². The molecule has 1 rings (SSSR count). The number of nitrogens with zero attached hydrogens (tertiary/aromatic N) is 1. The van der Waals surface area contributed by atoms with E-state index in [2.05, 4.69) is 9.91 Å². The molecule has 0 aliphatic carbocycles. The van der Waals surface area contributed by atoms with Crippen LogP contribution in [0.1, 0.15) is 11.7 Å². The summed E-state index contributed by atoms with van der Waals surface area (Å²) in [6, 6.07) is 6.22. The molecule has 0 radical (unpaired) electrons. The van der Waals surface area contributed by atoms with Gasteiger partial charge in [-0.2, -0.15) is 0 Å². The molecule has 0 aromatic heterocycles. The maximum atomic E-state index is 11.3. The monoisotopic (exact) mass is 209 g/mol. The Bertz CT molecular complexity index is 347. The van der Waals surface area contributed by atoms with Crippen molar-refractivity contribution >= 4 is 11.7 Å². The number of hydrogen-bond donors (Lipinski definition) is 0. The lowest BCUT2D eigenvalue weighted by molar-refractivity contribution is -0.152. The van der Waals surface area contributed by atoms with Gasteiger partial charge in [0, 0.05) is 7.11 Å². The van der Waals surface area contributed by atoms with Crippen LogP contribution in [0.2, 0.25) is 0 Å². The Morgan fingerprint density at radius 2 is 1.87 bits per heavy atom. The van der Waals surface area contributed by atoms with Crippen LogP contribution in [0.5, 0.6) is 0 Å². The van der Waals surface area contributed by atoms with Crippen molar-refractivity contribution in [1.29, 1.82) is 0 Å². The Labute approximate surface area is 87.0 Å². The van der Waals surface area contributed by atoms with Crippen LogP contribution in [-0.2, 0) is 14.3 Å². The molecule has 0 saturated heterocycles. The first kappa shape index (κ1) is 11.3. The van der Waals surface area contributed by atoms with Gasteiger partial charge >= 0.3 is 5.97 Å². The van der Waals surface area contributed by atoms with Gasteiger partial charge < -0.3 is 9.47 Å². The van der Waals surface area contributed by atoms with E-state index < -0.39 is 12.1 Å². The smallest absolute Gasteiger partial charge is 0.339 e. The zero-order valence-corrected chi connectivity index (χ0v) is 8.47. The minimum absolute atomic E-state index is 0.304. The second kappa shape index (κ2) is 5.21. The molecule has 0 aliphatic heterocycles. The van der Waals surface area contributed by atoms with Crippen LogP contribution in [0.4, 0.5) is 5.69 Å². The van der Waals surface area contributed by atoms with Crippen LogP contribution >= 0.6 is 0 Å². The predicted molar refractivity (Wildman–Crippen MR) is 53.7 cm³/mol. The van der Waals surface area contributed by atoms with Crippen molar-refractivity contribution in [3.05, 3.63) is 34.7 Å². The largest absolute Gasteiger partial charge is 0.467 e. The van der Waals surface area contributed by atoms with Crippen LogP contribution in [-0.4, -0.2) is 20.2 Å².